The first kappa shape index (κ1) is 12.1. The number of nitrogens with zero attached hydrogens (tertiary/aromatic N) is 1. The van der Waals surface area contributed by atoms with Gasteiger partial charge in [-0.05, 0) is 6.07 Å². The Hall–Kier alpha value is -0.940. The highest BCUT2D eigenvalue weighted by molar-refractivity contribution is 6.41. The molecule has 0 bridgehead atoms. The van der Waals surface area contributed by atoms with Gasteiger partial charge in [0.15, 0.2) is 0 Å². The first-order chi connectivity index (χ1) is 6.97. The molecule has 0 saturated carbocycles. The van der Waals surface area contributed by atoms with Crippen molar-refractivity contribution in [1.29, 1.82) is 0 Å². The summed E-state index contributed by atoms with van der Waals surface area (Å²) in [7, 11) is 1.07. The van der Waals surface area contributed by atoms with E-state index in [0.717, 1.165) is 13.2 Å². The molecule has 0 saturated heterocycles. The van der Waals surface area contributed by atoms with Crippen molar-refractivity contribution < 1.29 is 18.3 Å². The molecular weight excluding hydrogens is 251 g/mol. The Bertz CT molecular complexity index is 398. The van der Waals surface area contributed by atoms with Gasteiger partial charge >= 0.3 is 5.97 Å². The molecule has 0 fully saturated rings. The topological polar surface area (TPSA) is 39.2 Å². The van der Waals surface area contributed by atoms with E-state index in [1.165, 1.54) is 0 Å². The molecule has 1 aromatic rings. The number of alkyl halides is 2. The summed E-state index contributed by atoms with van der Waals surface area (Å²) in [4.78, 5) is 14.4. The van der Waals surface area contributed by atoms with Gasteiger partial charge in [0.05, 0.1) is 17.7 Å². The Morgan fingerprint density at radius 3 is 2.60 bits per heavy atom. The van der Waals surface area contributed by atoms with Gasteiger partial charge in [-0.3, -0.25) is 0 Å². The van der Waals surface area contributed by atoms with Gasteiger partial charge in [0, 0.05) is 0 Å². The normalized spacial score (nSPS) is 10.5. The average Bonchev–Trinajstić information content (AvgIpc) is 2.20. The number of hydrogen-bond acceptors (Lipinski definition) is 3. The third-order valence-electron chi connectivity index (χ3n) is 1.57. The van der Waals surface area contributed by atoms with Crippen molar-refractivity contribution in [3.05, 3.63) is 27.5 Å². The predicted molar refractivity (Wildman–Crippen MR) is 50.6 cm³/mol. The number of methoxy groups -OCH3 is 1. The molecule has 0 radical (unpaired) electrons. The fourth-order valence-corrected chi connectivity index (χ4v) is 1.22. The third kappa shape index (κ3) is 2.54. The van der Waals surface area contributed by atoms with Crippen LogP contribution in [-0.2, 0) is 4.74 Å². The summed E-state index contributed by atoms with van der Waals surface area (Å²) in [5, 5.41) is -0.360. The number of pyridine rings is 1. The molecule has 82 valence electrons. The molecule has 3 nitrogen and oxygen atoms in total. The lowest BCUT2D eigenvalue weighted by molar-refractivity contribution is 0.0587. The number of aromatic nitrogens is 1. The van der Waals surface area contributed by atoms with Crippen LogP contribution in [0.1, 0.15) is 22.5 Å². The third-order valence-corrected chi connectivity index (χ3v) is 2.25. The molecule has 0 aliphatic rings. The number of esters is 1. The quantitative estimate of drug-likeness (QED) is 0.602. The lowest BCUT2D eigenvalue weighted by Crippen LogP contribution is -2.08. The molecule has 15 heavy (non-hydrogen) atoms. The van der Waals surface area contributed by atoms with Crippen LogP contribution >= 0.6 is 23.2 Å². The molecule has 0 unspecified atom stereocenters. The lowest BCUT2D eigenvalue weighted by atomic mass is 10.2. The lowest BCUT2D eigenvalue weighted by Gasteiger charge is -2.07. The van der Waals surface area contributed by atoms with Crippen LogP contribution in [-0.4, -0.2) is 18.1 Å². The molecule has 0 aliphatic heterocycles. The number of halogens is 4. The second kappa shape index (κ2) is 4.72. The van der Waals surface area contributed by atoms with Crippen molar-refractivity contribution in [1.82, 2.24) is 4.98 Å². The van der Waals surface area contributed by atoms with E-state index >= 15 is 0 Å². The van der Waals surface area contributed by atoms with E-state index < -0.39 is 18.1 Å². The van der Waals surface area contributed by atoms with E-state index in [0.29, 0.717) is 0 Å². The number of carbonyl (C=O) groups is 1. The van der Waals surface area contributed by atoms with Crippen LogP contribution in [0.15, 0.2) is 6.07 Å². The largest absolute Gasteiger partial charge is 0.465 e. The maximum atomic E-state index is 12.5. The zero-order chi connectivity index (χ0) is 11.6. The fraction of sp³-hybridized carbons (Fsp3) is 0.250. The van der Waals surface area contributed by atoms with Gasteiger partial charge < -0.3 is 4.74 Å². The minimum Gasteiger partial charge on any atom is -0.465 e. The summed E-state index contributed by atoms with van der Waals surface area (Å²) in [6.07, 6.45) is -2.92. The van der Waals surface area contributed by atoms with Crippen LogP contribution in [0.2, 0.25) is 10.2 Å². The van der Waals surface area contributed by atoms with Gasteiger partial charge in [0.2, 0.25) is 0 Å². The van der Waals surface area contributed by atoms with Gasteiger partial charge in [-0.25, -0.2) is 18.6 Å². The standard InChI is InChI=1S/C8H5Cl2F2NO2/c1-15-8(14)3-2-4(9)6(10)13-5(3)7(11)12/h2,7H,1H3. The molecule has 0 aliphatic carbocycles. The van der Waals surface area contributed by atoms with Crippen molar-refractivity contribution in [3.8, 4) is 0 Å². The molecule has 0 N–H and O–H groups in total. The molecule has 0 spiro atoms. The number of rotatable bonds is 2. The molecule has 0 atom stereocenters. The van der Waals surface area contributed by atoms with Crippen molar-refractivity contribution in [3.63, 3.8) is 0 Å². The van der Waals surface area contributed by atoms with Crippen molar-refractivity contribution in [2.45, 2.75) is 6.43 Å². The van der Waals surface area contributed by atoms with Crippen molar-refractivity contribution >= 4 is 29.2 Å². The Morgan fingerprint density at radius 1 is 1.53 bits per heavy atom. The smallest absolute Gasteiger partial charge is 0.339 e. The maximum absolute atomic E-state index is 12.5. The van der Waals surface area contributed by atoms with Crippen LogP contribution in [0.3, 0.4) is 0 Å². The van der Waals surface area contributed by atoms with Gasteiger partial charge in [-0.2, -0.15) is 0 Å². The van der Waals surface area contributed by atoms with Crippen molar-refractivity contribution in [2.75, 3.05) is 7.11 Å². The predicted octanol–water partition coefficient (Wildman–Crippen LogP) is 3.11. The Morgan fingerprint density at radius 2 is 2.13 bits per heavy atom. The number of carbonyl (C=O) groups excluding carboxylic acids is 1. The van der Waals surface area contributed by atoms with Crippen LogP contribution in [0.25, 0.3) is 0 Å². The molecule has 1 aromatic heterocycles. The zero-order valence-electron chi connectivity index (χ0n) is 7.43. The van der Waals surface area contributed by atoms with Crippen LogP contribution in [0.5, 0.6) is 0 Å². The van der Waals surface area contributed by atoms with Crippen molar-refractivity contribution in [2.24, 2.45) is 0 Å². The van der Waals surface area contributed by atoms with E-state index in [1.54, 1.807) is 0 Å². The summed E-state index contributed by atoms with van der Waals surface area (Å²) < 4.78 is 29.2. The van der Waals surface area contributed by atoms with E-state index in [9.17, 15) is 13.6 Å². The van der Waals surface area contributed by atoms with Crippen LogP contribution in [0, 0.1) is 0 Å². The summed E-state index contributed by atoms with van der Waals surface area (Å²) in [6.45, 7) is 0. The van der Waals surface area contributed by atoms with E-state index in [-0.39, 0.29) is 15.7 Å². The maximum Gasteiger partial charge on any atom is 0.339 e. The van der Waals surface area contributed by atoms with Gasteiger partial charge in [-0.1, -0.05) is 23.2 Å². The minimum absolute atomic E-state index is 0.0820. The molecule has 0 amide bonds. The molecule has 1 heterocycles. The molecule has 7 heteroatoms. The number of hydrogen-bond donors (Lipinski definition) is 0. The molecular formula is C8H5Cl2F2NO2. The zero-order valence-corrected chi connectivity index (χ0v) is 8.94. The Balaban J connectivity index is 3.34. The van der Waals surface area contributed by atoms with E-state index in [1.807, 2.05) is 0 Å². The second-order valence-electron chi connectivity index (χ2n) is 2.49. The Kier molecular flexibility index (Phi) is 3.82. The summed E-state index contributed by atoms with van der Waals surface area (Å²) >= 11 is 11.0. The summed E-state index contributed by atoms with van der Waals surface area (Å²) in [5.74, 6) is -0.934. The molecule has 0 aromatic carbocycles. The monoisotopic (exact) mass is 255 g/mol. The fourth-order valence-electron chi connectivity index (χ4n) is 0.919. The number of ether oxygens (including phenoxy) is 1. The average molecular weight is 256 g/mol. The first-order valence-corrected chi connectivity index (χ1v) is 4.45. The summed E-state index contributed by atoms with van der Waals surface area (Å²) in [5.41, 5.74) is -1.13. The Labute approximate surface area is 94.0 Å². The van der Waals surface area contributed by atoms with E-state index in [2.05, 4.69) is 9.72 Å². The minimum atomic E-state index is -2.92. The van der Waals surface area contributed by atoms with Gasteiger partial charge in [0.1, 0.15) is 10.8 Å². The highest BCUT2D eigenvalue weighted by atomic mass is 35.5. The van der Waals surface area contributed by atoms with Crippen LogP contribution in [0.4, 0.5) is 8.78 Å². The van der Waals surface area contributed by atoms with Gasteiger partial charge in [-0.15, -0.1) is 0 Å². The highest BCUT2D eigenvalue weighted by Gasteiger charge is 2.22. The van der Waals surface area contributed by atoms with E-state index in [4.69, 9.17) is 23.2 Å². The van der Waals surface area contributed by atoms with Gasteiger partial charge in [0.25, 0.3) is 6.43 Å². The first-order valence-electron chi connectivity index (χ1n) is 3.69. The highest BCUT2D eigenvalue weighted by Crippen LogP contribution is 2.28. The summed E-state index contributed by atoms with van der Waals surface area (Å²) in [6, 6.07) is 1.00. The molecule has 1 rings (SSSR count). The second-order valence-corrected chi connectivity index (χ2v) is 3.25. The SMILES string of the molecule is COC(=O)c1cc(Cl)c(Cl)nc1C(F)F. The van der Waals surface area contributed by atoms with Crippen LogP contribution < -0.4 is 0 Å².